The first kappa shape index (κ1) is 64.1. The van der Waals surface area contributed by atoms with E-state index in [0.717, 1.165) is 23.6 Å². The number of carboxylic acid groups (broad SMARTS) is 4. The monoisotopic (exact) mass is 1070 g/mol. The maximum Gasteiger partial charge on any atom is 0.325 e. The Kier molecular flexibility index (Phi) is 26.5. The molecule has 0 unspecified atom stereocenters. The standard InChI is InChI=1S/C45H73N11O19/c1-21(47)36(65)54-35(24(4)58)44(73)56-20-8-10-29(56)40(69)51-27(13-16-32(61)62)38(67)49-25(9-5-6-18-46)37(66)50-26(12-15-31(59)60)39(68)52-28(14-17-33(63)64)43(72)55-19-7-11-30(55)41(70)53-34(23(3)57)42(71)48-22(2)45(74)75/h21-30,34-35,57-58H,5-20,46-47H2,1-4H3,(H,48,71)(H,49,67)(H,50,66)(H,51,69)(H,52,68)(H,53,70)(H,54,65)(H,59,60)(H,61,62)(H,63,64)(H,74,75)/t21-,22-,23+,24+,25-,26-,27-,28-,29-,30-,34-,35-/m0/s1. The van der Waals surface area contributed by atoms with Crippen LogP contribution in [0, 0.1) is 0 Å². The molecule has 75 heavy (non-hydrogen) atoms. The van der Waals surface area contributed by atoms with Gasteiger partial charge in [-0.2, -0.15) is 0 Å². The number of nitrogens with zero attached hydrogens (tertiary/aromatic N) is 2. The summed E-state index contributed by atoms with van der Waals surface area (Å²) in [6.45, 7) is 4.86. The van der Waals surface area contributed by atoms with Gasteiger partial charge in [0.25, 0.3) is 0 Å². The number of rotatable bonds is 32. The van der Waals surface area contributed by atoms with Crippen molar-refractivity contribution < 1.29 is 93.0 Å². The van der Waals surface area contributed by atoms with Crippen molar-refractivity contribution in [2.24, 2.45) is 11.5 Å². The molecule has 9 amide bonds. The molecule has 422 valence electrons. The summed E-state index contributed by atoms with van der Waals surface area (Å²) in [4.78, 5) is 171. The van der Waals surface area contributed by atoms with Crippen LogP contribution in [0.5, 0.6) is 0 Å². The minimum absolute atomic E-state index is 0.00461. The Morgan fingerprint density at radius 2 is 0.907 bits per heavy atom. The number of aliphatic hydroxyl groups excluding tert-OH is 2. The number of amides is 9. The number of carboxylic acids is 4. The summed E-state index contributed by atoms with van der Waals surface area (Å²) in [5.41, 5.74) is 11.3. The van der Waals surface area contributed by atoms with Crippen molar-refractivity contribution in [1.29, 1.82) is 0 Å². The highest BCUT2D eigenvalue weighted by Gasteiger charge is 2.43. The summed E-state index contributed by atoms with van der Waals surface area (Å²) in [6.07, 6.45) is -6.11. The topological polar surface area (TPSA) is 486 Å². The zero-order valence-electron chi connectivity index (χ0n) is 42.3. The van der Waals surface area contributed by atoms with E-state index in [0.29, 0.717) is 6.42 Å². The molecule has 0 radical (unpaired) electrons. The van der Waals surface area contributed by atoms with Crippen LogP contribution in [0.4, 0.5) is 0 Å². The first-order valence-corrected chi connectivity index (χ1v) is 24.5. The summed E-state index contributed by atoms with van der Waals surface area (Å²) < 4.78 is 0. The van der Waals surface area contributed by atoms with Crippen LogP contribution in [0.2, 0.25) is 0 Å². The van der Waals surface area contributed by atoms with Crippen LogP contribution in [0.15, 0.2) is 0 Å². The van der Waals surface area contributed by atoms with E-state index in [1.165, 1.54) is 13.8 Å². The van der Waals surface area contributed by atoms with E-state index in [4.69, 9.17) is 11.5 Å². The van der Waals surface area contributed by atoms with Gasteiger partial charge in [-0.3, -0.25) is 62.3 Å². The molecule has 2 aliphatic heterocycles. The van der Waals surface area contributed by atoms with E-state index in [-0.39, 0.29) is 58.2 Å². The van der Waals surface area contributed by atoms with Crippen molar-refractivity contribution >= 4 is 77.0 Å². The van der Waals surface area contributed by atoms with Crippen molar-refractivity contribution in [3.05, 3.63) is 0 Å². The fourth-order valence-corrected chi connectivity index (χ4v) is 8.12. The predicted octanol–water partition coefficient (Wildman–Crippen LogP) is -5.70. The number of likely N-dealkylation sites (tertiary alicyclic amines) is 2. The zero-order valence-corrected chi connectivity index (χ0v) is 42.3. The maximum atomic E-state index is 14.1. The van der Waals surface area contributed by atoms with Gasteiger partial charge in [0.2, 0.25) is 53.2 Å². The molecule has 0 aromatic rings. The molecule has 2 rings (SSSR count). The van der Waals surface area contributed by atoms with E-state index in [1.807, 2.05) is 0 Å². The third-order valence-electron chi connectivity index (χ3n) is 12.3. The quantitative estimate of drug-likeness (QED) is 0.0279. The Morgan fingerprint density at radius 3 is 1.33 bits per heavy atom. The highest BCUT2D eigenvalue weighted by Crippen LogP contribution is 2.22. The SMILES string of the molecule is C[C@H](N)C(=O)N[C@H](C(=O)N1CCC[C@H]1C(=O)N[C@@H](CCC(=O)O)C(=O)N[C@@H](CCCCN)C(=O)N[C@@H](CCC(=O)O)C(=O)N[C@@H](CCC(=O)O)C(=O)N1CCC[C@H]1C(=O)N[C@H](C(=O)N[C@@H](C)C(=O)O)[C@@H](C)O)[C@@H](C)O. The molecule has 30 heteroatoms. The molecule has 17 N–H and O–H groups in total. The summed E-state index contributed by atoms with van der Waals surface area (Å²) in [7, 11) is 0. The van der Waals surface area contributed by atoms with Crippen molar-refractivity contribution in [3.8, 4) is 0 Å². The molecule has 2 saturated heterocycles. The molecule has 30 nitrogen and oxygen atoms in total. The number of aliphatic hydroxyl groups is 2. The highest BCUT2D eigenvalue weighted by atomic mass is 16.4. The lowest BCUT2D eigenvalue weighted by Gasteiger charge is -2.31. The first-order chi connectivity index (χ1) is 35.1. The number of aliphatic carboxylic acids is 4. The lowest BCUT2D eigenvalue weighted by Crippen LogP contribution is -2.61. The van der Waals surface area contributed by atoms with Gasteiger partial charge in [-0.15, -0.1) is 0 Å². The predicted molar refractivity (Wildman–Crippen MR) is 257 cm³/mol. The largest absolute Gasteiger partial charge is 0.481 e. The molecule has 12 atom stereocenters. The average Bonchev–Trinajstić information content (AvgIpc) is 4.04. The smallest absolute Gasteiger partial charge is 0.325 e. The van der Waals surface area contributed by atoms with Crippen molar-refractivity contribution in [3.63, 3.8) is 0 Å². The van der Waals surface area contributed by atoms with Crippen LogP contribution >= 0.6 is 0 Å². The molecule has 0 saturated carbocycles. The summed E-state index contributed by atoms with van der Waals surface area (Å²) >= 11 is 0. The van der Waals surface area contributed by atoms with E-state index < -0.39 is 188 Å². The van der Waals surface area contributed by atoms with Crippen molar-refractivity contribution in [1.82, 2.24) is 47.0 Å². The second-order valence-corrected chi connectivity index (χ2v) is 18.5. The van der Waals surface area contributed by atoms with Gasteiger partial charge in [0.1, 0.15) is 54.4 Å². The van der Waals surface area contributed by atoms with Crippen molar-refractivity contribution in [2.45, 2.75) is 184 Å². The Bertz CT molecular complexity index is 2090. The fraction of sp³-hybridized carbons (Fsp3) is 0.711. The molecule has 2 fully saturated rings. The average molecular weight is 1070 g/mol. The third-order valence-corrected chi connectivity index (χ3v) is 12.3. The molecule has 0 aliphatic carbocycles. The van der Waals surface area contributed by atoms with E-state index >= 15 is 0 Å². The number of unbranched alkanes of at least 4 members (excludes halogenated alkanes) is 1. The maximum absolute atomic E-state index is 14.1. The molecule has 0 spiro atoms. The number of nitrogens with two attached hydrogens (primary N) is 2. The van der Waals surface area contributed by atoms with Gasteiger partial charge in [0.15, 0.2) is 0 Å². The first-order valence-electron chi connectivity index (χ1n) is 24.5. The van der Waals surface area contributed by atoms with E-state index in [9.17, 15) is 93.0 Å². The van der Waals surface area contributed by atoms with Gasteiger partial charge in [-0.25, -0.2) is 0 Å². The number of nitrogens with one attached hydrogen (secondary N) is 7. The fourth-order valence-electron chi connectivity index (χ4n) is 8.12. The zero-order chi connectivity index (χ0) is 56.9. The van der Waals surface area contributed by atoms with Crippen LogP contribution in [0.1, 0.15) is 111 Å². The van der Waals surface area contributed by atoms with Gasteiger partial charge < -0.3 is 89.1 Å². The molecule has 0 aromatic carbocycles. The summed E-state index contributed by atoms with van der Waals surface area (Å²) in [6, 6.07) is -15.0. The van der Waals surface area contributed by atoms with E-state index in [1.54, 1.807) is 0 Å². The van der Waals surface area contributed by atoms with Crippen LogP contribution in [-0.2, 0) is 62.3 Å². The number of carbonyl (C=O) groups is 13. The van der Waals surface area contributed by atoms with Gasteiger partial charge >= 0.3 is 23.9 Å². The highest BCUT2D eigenvalue weighted by molar-refractivity contribution is 5.99. The van der Waals surface area contributed by atoms with Gasteiger partial charge in [0.05, 0.1) is 18.2 Å². The van der Waals surface area contributed by atoms with E-state index in [2.05, 4.69) is 37.2 Å². The van der Waals surface area contributed by atoms with Gasteiger partial charge in [-0.1, -0.05) is 0 Å². The number of hydrogen-bond acceptors (Lipinski definition) is 17. The Hall–Kier alpha value is -7.05. The Balaban J connectivity index is 2.43. The number of hydrogen-bond donors (Lipinski definition) is 15. The van der Waals surface area contributed by atoms with Crippen LogP contribution in [0.25, 0.3) is 0 Å². The molecule has 2 aliphatic rings. The number of carbonyl (C=O) groups excluding carboxylic acids is 9. The minimum Gasteiger partial charge on any atom is -0.481 e. The van der Waals surface area contributed by atoms with Crippen LogP contribution in [0.3, 0.4) is 0 Å². The molecule has 0 aromatic heterocycles. The van der Waals surface area contributed by atoms with Gasteiger partial charge in [0, 0.05) is 32.4 Å². The normalized spacial score (nSPS) is 19.2. The molecule has 2 heterocycles. The Labute approximate surface area is 431 Å². The second kappa shape index (κ2) is 31.0. The van der Waals surface area contributed by atoms with Crippen LogP contribution < -0.4 is 48.7 Å². The third kappa shape index (κ3) is 20.6. The Morgan fingerprint density at radius 1 is 0.493 bits per heavy atom. The lowest BCUT2D eigenvalue weighted by molar-refractivity contribution is -0.145. The summed E-state index contributed by atoms with van der Waals surface area (Å²) in [5, 5.41) is 74.8. The minimum atomic E-state index is -1.80. The lowest BCUT2D eigenvalue weighted by atomic mass is 10.0. The second-order valence-electron chi connectivity index (χ2n) is 18.5. The van der Waals surface area contributed by atoms with Crippen LogP contribution in [-0.4, -0.2) is 210 Å². The summed E-state index contributed by atoms with van der Waals surface area (Å²) in [5.74, 6) is -14.6. The molecular formula is C45H73N11O19. The van der Waals surface area contributed by atoms with Gasteiger partial charge in [-0.05, 0) is 98.4 Å². The van der Waals surface area contributed by atoms with Crippen molar-refractivity contribution in [2.75, 3.05) is 19.6 Å². The molecule has 0 bridgehead atoms. The molecular weight excluding hydrogens is 999 g/mol.